The molecule has 1 aromatic carbocycles. The molecule has 284 valence electrons. The Morgan fingerprint density at radius 2 is 1.69 bits per heavy atom. The van der Waals surface area contributed by atoms with Gasteiger partial charge < -0.3 is 43.6 Å². The summed E-state index contributed by atoms with van der Waals surface area (Å²) in [5.41, 5.74) is -5.54. The molecule has 12 nitrogen and oxygen atoms in total. The van der Waals surface area contributed by atoms with Gasteiger partial charge in [-0.3, -0.25) is 9.59 Å². The zero-order chi connectivity index (χ0) is 37.9. The zero-order valence-corrected chi connectivity index (χ0v) is 32.7. The number of esters is 1. The van der Waals surface area contributed by atoms with E-state index in [0.717, 1.165) is 18.1 Å². The zero-order valence-electron chi connectivity index (χ0n) is 31.7. The van der Waals surface area contributed by atoms with Gasteiger partial charge in [-0.25, -0.2) is 4.79 Å². The summed E-state index contributed by atoms with van der Waals surface area (Å²) < 4.78 is 32.5. The van der Waals surface area contributed by atoms with Gasteiger partial charge in [0.1, 0.15) is 11.7 Å². The number of Topliss-reactive ketones (excluding diaryl/α,β-unsaturated/α-hetero) is 1. The van der Waals surface area contributed by atoms with Crippen molar-refractivity contribution in [3.05, 3.63) is 47.0 Å². The van der Waals surface area contributed by atoms with Crippen LogP contribution in [0.25, 0.3) is 0 Å². The van der Waals surface area contributed by atoms with Crippen LogP contribution >= 0.6 is 0 Å². The summed E-state index contributed by atoms with van der Waals surface area (Å²) >= 11 is 0. The van der Waals surface area contributed by atoms with E-state index in [2.05, 4.69) is 20.8 Å². The van der Waals surface area contributed by atoms with Gasteiger partial charge in [-0.2, -0.15) is 0 Å². The molecule has 1 unspecified atom stereocenters. The molecule has 2 saturated carbocycles. The molecule has 3 fully saturated rings. The Labute approximate surface area is 302 Å². The molecule has 10 atom stereocenters. The minimum atomic E-state index is -2.49. The first kappa shape index (κ1) is 39.6. The van der Waals surface area contributed by atoms with Crippen LogP contribution in [0.4, 0.5) is 4.79 Å². The number of aliphatic hydroxyl groups excluding tert-OH is 2. The van der Waals surface area contributed by atoms with E-state index in [1.165, 1.54) is 25.9 Å². The Hall–Kier alpha value is -2.65. The van der Waals surface area contributed by atoms with Crippen LogP contribution in [0.15, 0.2) is 41.5 Å². The number of ether oxygens (including phenoxy) is 4. The topological polar surface area (TPSA) is 161 Å². The van der Waals surface area contributed by atoms with Gasteiger partial charge in [0.05, 0.1) is 30.3 Å². The van der Waals surface area contributed by atoms with E-state index in [-0.39, 0.29) is 25.0 Å². The van der Waals surface area contributed by atoms with Crippen LogP contribution in [0.3, 0.4) is 0 Å². The van der Waals surface area contributed by atoms with Gasteiger partial charge in [-0.05, 0) is 43.1 Å². The normalized spacial score (nSPS) is 36.5. The molecular weight excluding hydrogens is 675 g/mol. The molecule has 0 aromatic heterocycles. The Bertz CT molecular complexity index is 1520. The molecule has 13 heteroatoms. The van der Waals surface area contributed by atoms with Crippen LogP contribution in [-0.2, 0) is 33.0 Å². The molecule has 3 N–H and O–H groups in total. The Morgan fingerprint density at radius 1 is 1.08 bits per heavy atom. The van der Waals surface area contributed by atoms with E-state index in [1.54, 1.807) is 58.0 Å². The summed E-state index contributed by atoms with van der Waals surface area (Å²) in [6.45, 7) is 14.3. The molecular formula is C38H57NO11Si. The number of amides is 1. The highest BCUT2D eigenvalue weighted by atomic mass is 28.4. The SMILES string of the molecule is CC[Si](CC)(CC)O[C@H]1C[C@H]2OC[C@@]2(OC(C)=O)[C@H]2[C@H](OC(O)c3ccccc3)[C@]3(O)C[C@H](O)C(C)=C([C@@H](OC(=O)N(C)C)C(=O)[C@]12C)C3(C)C. The number of benzene rings is 1. The van der Waals surface area contributed by atoms with Crippen molar-refractivity contribution in [1.82, 2.24) is 4.90 Å². The average Bonchev–Trinajstić information content (AvgIpc) is 3.08. The molecule has 1 amide bonds. The number of rotatable bonds is 10. The van der Waals surface area contributed by atoms with Gasteiger partial charge >= 0.3 is 12.1 Å². The van der Waals surface area contributed by atoms with E-state index in [9.17, 15) is 24.9 Å². The minimum absolute atomic E-state index is 0.111. The highest BCUT2D eigenvalue weighted by Crippen LogP contribution is 2.65. The first-order chi connectivity index (χ1) is 23.8. The Morgan fingerprint density at radius 3 is 2.20 bits per heavy atom. The molecule has 1 saturated heterocycles. The van der Waals surface area contributed by atoms with Gasteiger partial charge in [-0.15, -0.1) is 0 Å². The lowest BCUT2D eigenvalue weighted by Gasteiger charge is -2.68. The average molecular weight is 732 g/mol. The van der Waals surface area contributed by atoms with Crippen molar-refractivity contribution >= 4 is 26.2 Å². The van der Waals surface area contributed by atoms with Crippen LogP contribution in [0.5, 0.6) is 0 Å². The standard InChI is InChI=1S/C38H57NO11Si/c1-11-51(12-2,13-3)50-26-19-27-37(21-46-27,49-23(5)40)30-32(48-33(43)24-17-15-14-16-18-24)38(45)20-25(41)22(4)28(35(38,6)7)29(31(42)36(26,30)8)47-34(44)39(9)10/h14-18,25-27,29-30,32-33,41,43,45H,11-13,19-21H2,1-10H3/t25-,26-,27+,29+,30-,32-,33?,36+,37-,38+/m0/s1. The lowest BCUT2D eigenvalue weighted by molar-refractivity contribution is -0.360. The third kappa shape index (κ3) is 6.10. The smallest absolute Gasteiger partial charge is 0.410 e. The molecule has 1 aromatic rings. The maximum atomic E-state index is 15.9. The van der Waals surface area contributed by atoms with Crippen molar-refractivity contribution in [2.45, 2.75) is 134 Å². The second kappa shape index (κ2) is 14.0. The van der Waals surface area contributed by atoms with E-state index in [1.807, 2.05) is 0 Å². The Balaban J connectivity index is 1.88. The number of carbonyl (C=O) groups excluding carboxylic acids is 3. The quantitative estimate of drug-likeness (QED) is 0.133. The number of carbonyl (C=O) groups is 3. The predicted molar refractivity (Wildman–Crippen MR) is 190 cm³/mol. The summed E-state index contributed by atoms with van der Waals surface area (Å²) in [6, 6.07) is 11.0. The second-order valence-electron chi connectivity index (χ2n) is 15.9. The lowest BCUT2D eigenvalue weighted by atomic mass is 9.44. The number of nitrogens with zero attached hydrogens (tertiary/aromatic N) is 1. The van der Waals surface area contributed by atoms with Gasteiger partial charge in [0.25, 0.3) is 0 Å². The third-order valence-electron chi connectivity index (χ3n) is 12.9. The molecule has 5 rings (SSSR count). The fraction of sp³-hybridized carbons (Fsp3) is 0.711. The number of hydrogen-bond donors (Lipinski definition) is 3. The van der Waals surface area contributed by atoms with Crippen LogP contribution in [0, 0.1) is 16.7 Å². The summed E-state index contributed by atoms with van der Waals surface area (Å²) in [5, 5.41) is 36.9. The van der Waals surface area contributed by atoms with Crippen molar-refractivity contribution in [3.8, 4) is 0 Å². The third-order valence-corrected chi connectivity index (χ3v) is 17.6. The number of fused-ring (bicyclic) bond motifs is 5. The van der Waals surface area contributed by atoms with Crippen molar-refractivity contribution < 1.29 is 53.1 Å². The number of hydrogen-bond acceptors (Lipinski definition) is 11. The van der Waals surface area contributed by atoms with E-state index in [4.69, 9.17) is 23.4 Å². The van der Waals surface area contributed by atoms with Gasteiger partial charge in [0.2, 0.25) is 0 Å². The first-order valence-electron chi connectivity index (χ1n) is 18.2. The largest absolute Gasteiger partial charge is 0.454 e. The van der Waals surface area contributed by atoms with Crippen molar-refractivity contribution in [2.24, 2.45) is 16.7 Å². The van der Waals surface area contributed by atoms with Gasteiger partial charge in [0, 0.05) is 50.8 Å². The van der Waals surface area contributed by atoms with Crippen molar-refractivity contribution in [1.29, 1.82) is 0 Å². The van der Waals surface area contributed by atoms with Crippen molar-refractivity contribution in [3.63, 3.8) is 0 Å². The van der Waals surface area contributed by atoms with Crippen LogP contribution in [0.2, 0.25) is 18.1 Å². The lowest BCUT2D eigenvalue weighted by Crippen LogP contribution is -2.82. The summed E-state index contributed by atoms with van der Waals surface area (Å²) in [6.07, 6.45) is -8.29. The molecule has 51 heavy (non-hydrogen) atoms. The second-order valence-corrected chi connectivity index (χ2v) is 20.6. The number of aliphatic hydroxyl groups is 3. The maximum Gasteiger partial charge on any atom is 0.410 e. The minimum Gasteiger partial charge on any atom is -0.454 e. The summed E-state index contributed by atoms with van der Waals surface area (Å²) in [7, 11) is 0.534. The van der Waals surface area contributed by atoms with Gasteiger partial charge in [0.15, 0.2) is 32.1 Å². The van der Waals surface area contributed by atoms with E-state index >= 15 is 4.79 Å². The highest BCUT2D eigenvalue weighted by molar-refractivity contribution is 6.73. The molecule has 4 aliphatic rings. The fourth-order valence-electron chi connectivity index (χ4n) is 9.50. The predicted octanol–water partition coefficient (Wildman–Crippen LogP) is 4.67. The van der Waals surface area contributed by atoms with Crippen LogP contribution in [-0.4, -0.2) is 109 Å². The summed E-state index contributed by atoms with van der Waals surface area (Å²) in [4.78, 5) is 43.6. The first-order valence-corrected chi connectivity index (χ1v) is 20.7. The molecule has 2 bridgehead atoms. The fourth-order valence-corrected chi connectivity index (χ4v) is 12.4. The highest BCUT2D eigenvalue weighted by Gasteiger charge is 2.78. The Kier molecular flexibility index (Phi) is 10.8. The van der Waals surface area contributed by atoms with E-state index in [0.29, 0.717) is 11.1 Å². The number of ketones is 1. The molecule has 1 aliphatic heterocycles. The molecule has 3 aliphatic carbocycles. The van der Waals surface area contributed by atoms with E-state index < -0.39 is 90.9 Å². The maximum absolute atomic E-state index is 15.9. The molecule has 0 radical (unpaired) electrons. The van der Waals surface area contributed by atoms with Gasteiger partial charge in [-0.1, -0.05) is 65.0 Å². The molecule has 1 heterocycles. The molecule has 0 spiro atoms. The van der Waals surface area contributed by atoms with Crippen LogP contribution in [0.1, 0.15) is 80.1 Å². The van der Waals surface area contributed by atoms with Crippen LogP contribution < -0.4 is 0 Å². The van der Waals surface area contributed by atoms with Crippen molar-refractivity contribution in [2.75, 3.05) is 20.7 Å². The summed E-state index contributed by atoms with van der Waals surface area (Å²) in [5.74, 6) is -2.35. The monoisotopic (exact) mass is 731 g/mol.